The maximum absolute atomic E-state index is 11.5. The van der Waals surface area contributed by atoms with Crippen LogP contribution in [0.2, 0.25) is 0 Å². The number of hydrogen-bond acceptors (Lipinski definition) is 2. The van der Waals surface area contributed by atoms with E-state index in [9.17, 15) is 4.79 Å². The lowest BCUT2D eigenvalue weighted by Crippen LogP contribution is -2.49. The van der Waals surface area contributed by atoms with Gasteiger partial charge in [0.05, 0.1) is 0 Å². The number of carbonyl (C=O) groups excluding carboxylic acids is 1. The minimum Gasteiger partial charge on any atom is -0.343 e. The molecule has 1 fully saturated rings. The molecule has 0 aliphatic carbocycles. The second kappa shape index (κ2) is 5.56. The average Bonchev–Trinajstić information content (AvgIpc) is 2.04. The van der Waals surface area contributed by atoms with Crippen molar-refractivity contribution in [2.24, 2.45) is 5.73 Å². The van der Waals surface area contributed by atoms with Crippen LogP contribution in [-0.4, -0.2) is 29.4 Å². The van der Waals surface area contributed by atoms with Gasteiger partial charge in [-0.15, -0.1) is 12.4 Å². The first kappa shape index (κ1) is 13.7. The molecule has 0 saturated carbocycles. The van der Waals surface area contributed by atoms with E-state index in [0.29, 0.717) is 6.42 Å². The lowest BCUT2D eigenvalue weighted by molar-refractivity contribution is -0.132. The molecule has 0 bridgehead atoms. The summed E-state index contributed by atoms with van der Waals surface area (Å²) in [7, 11) is 0. The van der Waals surface area contributed by atoms with Crippen molar-refractivity contribution >= 4 is 18.3 Å². The zero-order chi connectivity index (χ0) is 9.90. The molecule has 1 aliphatic heterocycles. The van der Waals surface area contributed by atoms with Gasteiger partial charge in [0.1, 0.15) is 0 Å². The molecule has 14 heavy (non-hydrogen) atoms. The monoisotopic (exact) mass is 220 g/mol. The molecule has 0 spiro atoms. The number of halogens is 1. The summed E-state index contributed by atoms with van der Waals surface area (Å²) < 4.78 is 0. The fraction of sp³-hybridized carbons (Fsp3) is 0.900. The van der Waals surface area contributed by atoms with Crippen molar-refractivity contribution in [2.75, 3.05) is 13.1 Å². The fourth-order valence-electron chi connectivity index (χ4n) is 1.64. The minimum atomic E-state index is -0.0526. The molecule has 0 aromatic heterocycles. The van der Waals surface area contributed by atoms with Gasteiger partial charge in [-0.05, 0) is 26.2 Å². The molecular formula is C10H21ClN2O. The molecule has 0 aromatic rings. The lowest BCUT2D eigenvalue weighted by atomic mass is 9.91. The third kappa shape index (κ3) is 3.84. The molecule has 1 rings (SSSR count). The number of hydrogen-bond donors (Lipinski definition) is 1. The summed E-state index contributed by atoms with van der Waals surface area (Å²) >= 11 is 0. The molecule has 84 valence electrons. The van der Waals surface area contributed by atoms with Gasteiger partial charge < -0.3 is 10.6 Å². The Morgan fingerprint density at radius 2 is 1.93 bits per heavy atom. The van der Waals surface area contributed by atoms with Crippen LogP contribution in [0.15, 0.2) is 0 Å². The SMILES string of the molecule is CCCC(=O)N1CCC(C)(N)CC1.Cl. The van der Waals surface area contributed by atoms with Crippen molar-refractivity contribution in [3.8, 4) is 0 Å². The molecule has 2 N–H and O–H groups in total. The Kier molecular flexibility index (Phi) is 5.45. The van der Waals surface area contributed by atoms with Crippen LogP contribution in [-0.2, 0) is 4.79 Å². The van der Waals surface area contributed by atoms with Crippen molar-refractivity contribution in [3.63, 3.8) is 0 Å². The van der Waals surface area contributed by atoms with Crippen LogP contribution in [0.4, 0.5) is 0 Å². The van der Waals surface area contributed by atoms with Crippen LogP contribution >= 0.6 is 12.4 Å². The number of likely N-dealkylation sites (tertiary alicyclic amines) is 1. The van der Waals surface area contributed by atoms with Gasteiger partial charge in [-0.1, -0.05) is 6.92 Å². The summed E-state index contributed by atoms with van der Waals surface area (Å²) in [5.41, 5.74) is 5.92. The van der Waals surface area contributed by atoms with E-state index in [4.69, 9.17) is 5.73 Å². The first-order valence-corrected chi connectivity index (χ1v) is 5.12. The smallest absolute Gasteiger partial charge is 0.222 e. The maximum Gasteiger partial charge on any atom is 0.222 e. The standard InChI is InChI=1S/C10H20N2O.ClH/c1-3-4-9(13)12-7-5-10(2,11)6-8-12;/h3-8,11H2,1-2H3;1H. The summed E-state index contributed by atoms with van der Waals surface area (Å²) in [6, 6.07) is 0. The predicted octanol–water partition coefficient (Wildman–Crippen LogP) is 1.55. The number of amides is 1. The zero-order valence-corrected chi connectivity index (χ0v) is 9.90. The molecule has 1 aliphatic rings. The van der Waals surface area contributed by atoms with Gasteiger partial charge in [-0.2, -0.15) is 0 Å². The van der Waals surface area contributed by atoms with E-state index >= 15 is 0 Å². The topological polar surface area (TPSA) is 46.3 Å². The molecule has 4 heteroatoms. The number of piperidine rings is 1. The Labute approximate surface area is 92.4 Å². The fourth-order valence-corrected chi connectivity index (χ4v) is 1.64. The van der Waals surface area contributed by atoms with E-state index < -0.39 is 0 Å². The second-order valence-electron chi connectivity index (χ2n) is 4.28. The summed E-state index contributed by atoms with van der Waals surface area (Å²) in [4.78, 5) is 13.4. The van der Waals surface area contributed by atoms with Crippen LogP contribution in [0.5, 0.6) is 0 Å². The highest BCUT2D eigenvalue weighted by atomic mass is 35.5. The third-order valence-corrected chi connectivity index (χ3v) is 2.72. The number of carbonyl (C=O) groups is 1. The maximum atomic E-state index is 11.5. The highest BCUT2D eigenvalue weighted by molar-refractivity contribution is 5.85. The van der Waals surface area contributed by atoms with Crippen LogP contribution in [0.3, 0.4) is 0 Å². The first-order chi connectivity index (χ1) is 6.05. The van der Waals surface area contributed by atoms with Crippen molar-refractivity contribution in [1.82, 2.24) is 4.90 Å². The highest BCUT2D eigenvalue weighted by Gasteiger charge is 2.27. The molecule has 0 unspecified atom stereocenters. The van der Waals surface area contributed by atoms with E-state index in [1.807, 2.05) is 11.8 Å². The highest BCUT2D eigenvalue weighted by Crippen LogP contribution is 2.19. The average molecular weight is 221 g/mol. The molecule has 1 saturated heterocycles. The summed E-state index contributed by atoms with van der Waals surface area (Å²) in [6.07, 6.45) is 3.49. The molecule has 0 aromatic carbocycles. The van der Waals surface area contributed by atoms with E-state index in [1.54, 1.807) is 0 Å². The Morgan fingerprint density at radius 3 is 2.36 bits per heavy atom. The lowest BCUT2D eigenvalue weighted by Gasteiger charge is -2.36. The van der Waals surface area contributed by atoms with E-state index in [1.165, 1.54) is 0 Å². The Hall–Kier alpha value is -0.280. The predicted molar refractivity (Wildman–Crippen MR) is 60.6 cm³/mol. The van der Waals surface area contributed by atoms with Crippen molar-refractivity contribution in [3.05, 3.63) is 0 Å². The molecule has 0 radical (unpaired) electrons. The summed E-state index contributed by atoms with van der Waals surface area (Å²) in [5.74, 6) is 0.290. The quantitative estimate of drug-likeness (QED) is 0.768. The largest absolute Gasteiger partial charge is 0.343 e. The normalized spacial score (nSPS) is 20.1. The van der Waals surface area contributed by atoms with Crippen LogP contribution in [0.25, 0.3) is 0 Å². The third-order valence-electron chi connectivity index (χ3n) is 2.72. The molecular weight excluding hydrogens is 200 g/mol. The van der Waals surface area contributed by atoms with E-state index in [-0.39, 0.29) is 23.9 Å². The van der Waals surface area contributed by atoms with Gasteiger partial charge >= 0.3 is 0 Å². The molecule has 1 heterocycles. The number of nitrogens with two attached hydrogens (primary N) is 1. The van der Waals surface area contributed by atoms with E-state index in [0.717, 1.165) is 32.4 Å². The second-order valence-corrected chi connectivity index (χ2v) is 4.28. The Balaban J connectivity index is 0.00000169. The first-order valence-electron chi connectivity index (χ1n) is 5.12. The van der Waals surface area contributed by atoms with Gasteiger partial charge in [-0.3, -0.25) is 4.79 Å². The minimum absolute atomic E-state index is 0. The number of nitrogens with zero attached hydrogens (tertiary/aromatic N) is 1. The van der Waals surface area contributed by atoms with Crippen LogP contribution < -0.4 is 5.73 Å². The van der Waals surface area contributed by atoms with Gasteiger partial charge in [0, 0.05) is 25.0 Å². The number of rotatable bonds is 2. The summed E-state index contributed by atoms with van der Waals surface area (Å²) in [5, 5.41) is 0. The van der Waals surface area contributed by atoms with Crippen LogP contribution in [0, 0.1) is 0 Å². The Bertz CT molecular complexity index is 185. The van der Waals surface area contributed by atoms with E-state index in [2.05, 4.69) is 6.92 Å². The summed E-state index contributed by atoms with van der Waals surface area (Å²) in [6.45, 7) is 5.78. The molecule has 3 nitrogen and oxygen atoms in total. The molecule has 0 atom stereocenters. The van der Waals surface area contributed by atoms with Crippen molar-refractivity contribution < 1.29 is 4.79 Å². The van der Waals surface area contributed by atoms with Gasteiger partial charge in [0.25, 0.3) is 0 Å². The Morgan fingerprint density at radius 1 is 1.43 bits per heavy atom. The van der Waals surface area contributed by atoms with Crippen molar-refractivity contribution in [1.29, 1.82) is 0 Å². The van der Waals surface area contributed by atoms with Gasteiger partial charge in [-0.25, -0.2) is 0 Å². The zero-order valence-electron chi connectivity index (χ0n) is 9.08. The van der Waals surface area contributed by atoms with Crippen LogP contribution in [0.1, 0.15) is 39.5 Å². The molecule has 1 amide bonds. The van der Waals surface area contributed by atoms with Gasteiger partial charge in [0.2, 0.25) is 5.91 Å². The van der Waals surface area contributed by atoms with Crippen molar-refractivity contribution in [2.45, 2.75) is 45.1 Å². The van der Waals surface area contributed by atoms with Gasteiger partial charge in [0.15, 0.2) is 0 Å².